The Bertz CT molecular complexity index is 250. The summed E-state index contributed by atoms with van der Waals surface area (Å²) in [5.41, 5.74) is 0. The van der Waals surface area contributed by atoms with Gasteiger partial charge >= 0.3 is 6.16 Å². The molecule has 0 saturated carbocycles. The molecule has 0 aliphatic carbocycles. The quantitative estimate of drug-likeness (QED) is 0.617. The molecule has 1 aromatic heterocycles. The summed E-state index contributed by atoms with van der Waals surface area (Å²) in [6.45, 7) is 1.99. The van der Waals surface area contributed by atoms with Gasteiger partial charge in [0.05, 0.1) is 19.0 Å². The summed E-state index contributed by atoms with van der Waals surface area (Å²) < 4.78 is 9.23. The summed E-state index contributed by atoms with van der Waals surface area (Å²) in [6, 6.07) is 1.52. The van der Waals surface area contributed by atoms with E-state index in [1.54, 1.807) is 6.92 Å². The number of ether oxygens (including phenoxy) is 2. The van der Waals surface area contributed by atoms with Gasteiger partial charge in [-0.25, -0.2) is 4.79 Å². The Morgan fingerprint density at radius 3 is 3.00 bits per heavy atom. The second kappa shape index (κ2) is 4.27. The molecule has 0 fully saturated rings. The average Bonchev–Trinajstić information content (AvgIpc) is 2.06. The number of rotatable bonds is 2. The van der Waals surface area contributed by atoms with E-state index in [-0.39, 0.29) is 6.61 Å². The minimum Gasteiger partial charge on any atom is -0.434 e. The van der Waals surface area contributed by atoms with Crippen molar-refractivity contribution in [2.24, 2.45) is 0 Å². The van der Waals surface area contributed by atoms with E-state index in [1.807, 2.05) is 0 Å². The fraction of sp³-hybridized carbons (Fsp3) is 0.286. The molecular weight excluding hydrogens is 160 g/mol. The molecule has 0 saturated heterocycles. The van der Waals surface area contributed by atoms with Crippen LogP contribution in [0.3, 0.4) is 0 Å². The molecule has 5 nitrogen and oxygen atoms in total. The highest BCUT2D eigenvalue weighted by Gasteiger charge is 2.03. The minimum absolute atomic E-state index is 0.289. The van der Waals surface area contributed by atoms with Gasteiger partial charge in [-0.05, 0) is 6.92 Å². The third-order valence-electron chi connectivity index (χ3n) is 1.02. The molecule has 12 heavy (non-hydrogen) atoms. The summed E-state index contributed by atoms with van der Waals surface area (Å²) in [4.78, 5) is 10.7. The van der Waals surface area contributed by atoms with Crippen molar-refractivity contribution < 1.29 is 14.3 Å². The molecule has 0 aromatic carbocycles. The molecule has 0 aliphatic heterocycles. The first-order valence-corrected chi connectivity index (χ1v) is 3.44. The SMILES string of the molecule is CCOC(=O)Oc1ccnnc1. The molecular formula is C7H8N2O3. The number of hydrogen-bond acceptors (Lipinski definition) is 5. The summed E-state index contributed by atoms with van der Waals surface area (Å²) in [7, 11) is 0. The molecule has 0 amide bonds. The molecule has 1 rings (SSSR count). The van der Waals surface area contributed by atoms with Gasteiger partial charge < -0.3 is 9.47 Å². The van der Waals surface area contributed by atoms with Gasteiger partial charge in [-0.1, -0.05) is 0 Å². The minimum atomic E-state index is -0.731. The van der Waals surface area contributed by atoms with Crippen molar-refractivity contribution >= 4 is 6.16 Å². The summed E-state index contributed by atoms with van der Waals surface area (Å²) in [5, 5.41) is 7.03. The number of carbonyl (C=O) groups excluding carboxylic acids is 1. The highest BCUT2D eigenvalue weighted by atomic mass is 16.7. The zero-order valence-corrected chi connectivity index (χ0v) is 6.56. The number of nitrogens with zero attached hydrogens (tertiary/aromatic N) is 2. The maximum absolute atomic E-state index is 10.7. The van der Waals surface area contributed by atoms with Crippen molar-refractivity contribution in [3.8, 4) is 5.75 Å². The number of hydrogen-bond donors (Lipinski definition) is 0. The van der Waals surface area contributed by atoms with Crippen LogP contribution < -0.4 is 4.74 Å². The van der Waals surface area contributed by atoms with Crippen LogP contribution >= 0.6 is 0 Å². The fourth-order valence-corrected chi connectivity index (χ4v) is 0.582. The molecule has 1 aromatic rings. The highest BCUT2D eigenvalue weighted by Crippen LogP contribution is 2.05. The van der Waals surface area contributed by atoms with Gasteiger partial charge in [0.1, 0.15) is 0 Å². The second-order valence-corrected chi connectivity index (χ2v) is 1.86. The van der Waals surface area contributed by atoms with E-state index >= 15 is 0 Å². The van der Waals surface area contributed by atoms with Crippen LogP contribution in [0.25, 0.3) is 0 Å². The summed E-state index contributed by atoms with van der Waals surface area (Å²) in [5.74, 6) is 0.323. The third-order valence-corrected chi connectivity index (χ3v) is 1.02. The van der Waals surface area contributed by atoms with Gasteiger partial charge in [0.2, 0.25) is 0 Å². The van der Waals surface area contributed by atoms with E-state index in [9.17, 15) is 4.79 Å². The van der Waals surface area contributed by atoms with E-state index in [4.69, 9.17) is 4.74 Å². The van der Waals surface area contributed by atoms with Crippen molar-refractivity contribution in [1.82, 2.24) is 10.2 Å². The lowest BCUT2D eigenvalue weighted by Crippen LogP contribution is -2.10. The van der Waals surface area contributed by atoms with Crippen LogP contribution in [0.1, 0.15) is 6.92 Å². The van der Waals surface area contributed by atoms with Crippen LogP contribution in [0.2, 0.25) is 0 Å². The molecule has 0 spiro atoms. The highest BCUT2D eigenvalue weighted by molar-refractivity contribution is 5.63. The predicted molar refractivity (Wildman–Crippen MR) is 39.7 cm³/mol. The topological polar surface area (TPSA) is 61.3 Å². The monoisotopic (exact) mass is 168 g/mol. The van der Waals surface area contributed by atoms with E-state index < -0.39 is 6.16 Å². The van der Waals surface area contributed by atoms with Gasteiger partial charge in [0, 0.05) is 6.07 Å². The molecule has 0 atom stereocenters. The van der Waals surface area contributed by atoms with Crippen LogP contribution in [-0.4, -0.2) is 23.0 Å². The zero-order chi connectivity index (χ0) is 8.81. The molecule has 0 radical (unpaired) electrons. The Kier molecular flexibility index (Phi) is 3.01. The molecule has 5 heteroatoms. The molecule has 0 N–H and O–H groups in total. The third kappa shape index (κ3) is 2.53. The molecule has 1 heterocycles. The zero-order valence-electron chi connectivity index (χ0n) is 6.56. The normalized spacial score (nSPS) is 9.08. The molecule has 64 valence electrons. The first-order valence-electron chi connectivity index (χ1n) is 3.44. The van der Waals surface area contributed by atoms with E-state index in [0.717, 1.165) is 0 Å². The molecule has 0 unspecified atom stereocenters. The second-order valence-electron chi connectivity index (χ2n) is 1.86. The van der Waals surface area contributed by atoms with E-state index in [2.05, 4.69) is 14.9 Å². The van der Waals surface area contributed by atoms with Crippen LogP contribution in [0, 0.1) is 0 Å². The van der Waals surface area contributed by atoms with Crippen molar-refractivity contribution in [2.75, 3.05) is 6.61 Å². The molecule has 0 aliphatic rings. The lowest BCUT2D eigenvalue weighted by molar-refractivity contribution is 0.104. The first-order chi connectivity index (χ1) is 5.83. The van der Waals surface area contributed by atoms with Gasteiger partial charge in [0.25, 0.3) is 0 Å². The van der Waals surface area contributed by atoms with Crippen LogP contribution in [0.4, 0.5) is 4.79 Å². The standard InChI is InChI=1S/C7H8N2O3/c1-2-11-7(10)12-6-3-4-8-9-5-6/h3-5H,2H2,1H3. The average molecular weight is 168 g/mol. The molecule has 0 bridgehead atoms. The van der Waals surface area contributed by atoms with Crippen molar-refractivity contribution in [3.05, 3.63) is 18.5 Å². The lowest BCUT2D eigenvalue weighted by Gasteiger charge is -2.01. The van der Waals surface area contributed by atoms with E-state index in [1.165, 1.54) is 18.5 Å². The maximum Gasteiger partial charge on any atom is 0.513 e. The smallest absolute Gasteiger partial charge is 0.434 e. The number of carbonyl (C=O) groups is 1. The van der Waals surface area contributed by atoms with Crippen molar-refractivity contribution in [3.63, 3.8) is 0 Å². The predicted octanol–water partition coefficient (Wildman–Crippen LogP) is 1.01. The summed E-state index contributed by atoms with van der Waals surface area (Å²) in [6.07, 6.45) is 2.02. The van der Waals surface area contributed by atoms with Gasteiger partial charge in [-0.15, -0.1) is 0 Å². The number of aromatic nitrogens is 2. The Balaban J connectivity index is 2.47. The van der Waals surface area contributed by atoms with Crippen LogP contribution in [0.5, 0.6) is 5.75 Å². The van der Waals surface area contributed by atoms with Gasteiger partial charge in [0.15, 0.2) is 5.75 Å². The van der Waals surface area contributed by atoms with Crippen LogP contribution in [-0.2, 0) is 4.74 Å². The Hall–Kier alpha value is -1.65. The first kappa shape index (κ1) is 8.45. The fourth-order valence-electron chi connectivity index (χ4n) is 0.582. The largest absolute Gasteiger partial charge is 0.513 e. The maximum atomic E-state index is 10.7. The Morgan fingerprint density at radius 1 is 1.58 bits per heavy atom. The Labute approximate surface area is 69.3 Å². The van der Waals surface area contributed by atoms with Gasteiger partial charge in [-0.2, -0.15) is 10.2 Å². The van der Waals surface area contributed by atoms with Crippen molar-refractivity contribution in [2.45, 2.75) is 6.92 Å². The lowest BCUT2D eigenvalue weighted by atomic mass is 10.5. The van der Waals surface area contributed by atoms with Crippen molar-refractivity contribution in [1.29, 1.82) is 0 Å². The van der Waals surface area contributed by atoms with E-state index in [0.29, 0.717) is 5.75 Å². The van der Waals surface area contributed by atoms with Gasteiger partial charge in [-0.3, -0.25) is 0 Å². The van der Waals surface area contributed by atoms with Crippen LogP contribution in [0.15, 0.2) is 18.5 Å². The summed E-state index contributed by atoms with van der Waals surface area (Å²) >= 11 is 0. The Morgan fingerprint density at radius 2 is 2.42 bits per heavy atom.